The number of aliphatic hydroxyl groups excluding tert-OH is 2. The number of ether oxygens (including phenoxy) is 1. The minimum absolute atomic E-state index is 0.0156. The minimum Gasteiger partial charge on any atom is -0.508 e. The Kier molecular flexibility index (Phi) is 10.4. The van der Waals surface area contributed by atoms with Crippen molar-refractivity contribution in [2.24, 2.45) is 0 Å². The molecule has 15 heteroatoms. The van der Waals surface area contributed by atoms with Gasteiger partial charge >= 0.3 is 5.69 Å². The van der Waals surface area contributed by atoms with Crippen molar-refractivity contribution >= 4 is 22.4 Å². The van der Waals surface area contributed by atoms with E-state index in [1.165, 1.54) is 4.68 Å². The molecule has 0 bridgehead atoms. The summed E-state index contributed by atoms with van der Waals surface area (Å²) in [5.74, 6) is -0.448. The Hall–Kier alpha value is -5.90. The lowest BCUT2D eigenvalue weighted by Gasteiger charge is -2.25. The number of rotatable bonds is 14. The number of hydrogen-bond donors (Lipinski definition) is 5. The van der Waals surface area contributed by atoms with Gasteiger partial charge in [0.1, 0.15) is 23.0 Å². The zero-order chi connectivity index (χ0) is 38.0. The smallest absolute Gasteiger partial charge is 0.305 e. The van der Waals surface area contributed by atoms with Crippen molar-refractivity contribution in [1.82, 2.24) is 24.5 Å². The van der Waals surface area contributed by atoms with E-state index in [0.717, 1.165) is 39.9 Å². The average Bonchev–Trinajstić information content (AvgIpc) is 3.72. The van der Waals surface area contributed by atoms with Gasteiger partial charge in [-0.25, -0.2) is 9.67 Å². The molecule has 3 heterocycles. The highest BCUT2D eigenvalue weighted by atomic mass is 19.1. The molecule has 0 aliphatic carbocycles. The normalized spacial score (nSPS) is 12.4. The number of benzene rings is 3. The summed E-state index contributed by atoms with van der Waals surface area (Å²) in [4.78, 5) is 15.3. The predicted octanol–water partition coefficient (Wildman–Crippen LogP) is 5.61. The first kappa shape index (κ1) is 36.9. The first-order chi connectivity index (χ1) is 25.3. The van der Waals surface area contributed by atoms with Gasteiger partial charge in [-0.15, -0.1) is 5.10 Å². The second kappa shape index (κ2) is 15.0. The minimum atomic E-state index is -1.04. The van der Waals surface area contributed by atoms with Crippen LogP contribution in [0.2, 0.25) is 0 Å². The van der Waals surface area contributed by atoms with E-state index in [4.69, 9.17) is 15.5 Å². The van der Waals surface area contributed by atoms with E-state index < -0.39 is 27.9 Å². The van der Waals surface area contributed by atoms with E-state index in [1.54, 1.807) is 79.2 Å². The fourth-order valence-electron chi connectivity index (χ4n) is 6.57. The molecule has 1 atom stereocenters. The quantitative estimate of drug-likeness (QED) is 0.0688. The van der Waals surface area contributed by atoms with Crippen molar-refractivity contribution in [3.05, 3.63) is 112 Å². The van der Waals surface area contributed by atoms with E-state index in [0.29, 0.717) is 40.2 Å². The maximum absolute atomic E-state index is 14.7. The number of pyridine rings is 1. The van der Waals surface area contributed by atoms with Gasteiger partial charge in [0.2, 0.25) is 5.82 Å². The van der Waals surface area contributed by atoms with Gasteiger partial charge in [0.05, 0.1) is 61.3 Å². The van der Waals surface area contributed by atoms with Crippen LogP contribution in [-0.4, -0.2) is 62.6 Å². The lowest BCUT2D eigenvalue weighted by atomic mass is 9.89. The van der Waals surface area contributed by atoms with Crippen LogP contribution in [0.1, 0.15) is 43.4 Å². The third kappa shape index (κ3) is 7.67. The molecule has 0 saturated heterocycles. The van der Waals surface area contributed by atoms with E-state index in [2.05, 4.69) is 10.3 Å². The lowest BCUT2D eigenvalue weighted by molar-refractivity contribution is -0.387. The highest BCUT2D eigenvalue weighted by molar-refractivity contribution is 5.86. The molecule has 6 N–H and O–H groups in total. The van der Waals surface area contributed by atoms with Crippen LogP contribution < -0.4 is 5.73 Å². The summed E-state index contributed by atoms with van der Waals surface area (Å²) in [5, 5.41) is 61.1. The number of phenolic OH excluding ortho intramolecular Hbond substituents is 2. The van der Waals surface area contributed by atoms with Crippen molar-refractivity contribution < 1.29 is 34.5 Å². The predicted molar refractivity (Wildman–Crippen MR) is 195 cm³/mol. The van der Waals surface area contributed by atoms with Crippen molar-refractivity contribution in [2.75, 3.05) is 12.3 Å². The summed E-state index contributed by atoms with van der Waals surface area (Å²) < 4.78 is 23.9. The molecule has 1 unspecified atom stereocenters. The Balaban J connectivity index is 1.20. The van der Waals surface area contributed by atoms with Crippen LogP contribution >= 0.6 is 0 Å². The summed E-state index contributed by atoms with van der Waals surface area (Å²) in [5.41, 5.74) is 11.2. The summed E-state index contributed by atoms with van der Waals surface area (Å²) in [7, 11) is 0. The van der Waals surface area contributed by atoms with Gasteiger partial charge < -0.3 is 35.5 Å². The van der Waals surface area contributed by atoms with Crippen LogP contribution in [0.15, 0.2) is 72.9 Å². The van der Waals surface area contributed by atoms with Crippen molar-refractivity contribution in [2.45, 2.75) is 65.0 Å². The molecule has 0 radical (unpaired) electrons. The van der Waals surface area contributed by atoms with E-state index in [-0.39, 0.29) is 44.4 Å². The number of nitrogens with zero attached hydrogens (tertiary/aromatic N) is 6. The Bertz CT molecular complexity index is 2270. The number of halogens is 1. The lowest BCUT2D eigenvalue weighted by Crippen LogP contribution is -2.29. The molecular formula is C38H40FN7O7. The van der Waals surface area contributed by atoms with Gasteiger partial charge in [-0.1, -0.05) is 50.3 Å². The molecule has 0 amide bonds. The summed E-state index contributed by atoms with van der Waals surface area (Å²) in [6, 6.07) is 17.4. The molecule has 3 aromatic carbocycles. The van der Waals surface area contributed by atoms with Gasteiger partial charge in [0.15, 0.2) is 0 Å². The number of nitrogens with two attached hydrogens (primary N) is 1. The zero-order valence-electron chi connectivity index (χ0n) is 29.4. The largest absolute Gasteiger partial charge is 0.508 e. The number of aliphatic hydroxyl groups is 2. The summed E-state index contributed by atoms with van der Waals surface area (Å²) in [6.07, 6.45) is 1.20. The average molecular weight is 726 g/mol. The second-order valence-electron chi connectivity index (χ2n) is 13.5. The zero-order valence-corrected chi connectivity index (χ0v) is 29.4. The monoisotopic (exact) mass is 725 g/mol. The number of anilines is 1. The van der Waals surface area contributed by atoms with Crippen molar-refractivity contribution in [1.29, 1.82) is 0 Å². The molecular weight excluding hydrogens is 685 g/mol. The van der Waals surface area contributed by atoms with Crippen LogP contribution in [0.4, 0.5) is 15.9 Å². The fraction of sp³-hybridized carbons (Fsp3) is 0.289. The van der Waals surface area contributed by atoms with Gasteiger partial charge in [-0.2, -0.15) is 4.39 Å². The first-order valence-corrected chi connectivity index (χ1v) is 16.9. The maximum atomic E-state index is 14.7. The molecule has 14 nitrogen and oxygen atoms in total. The second-order valence-corrected chi connectivity index (χ2v) is 13.5. The van der Waals surface area contributed by atoms with Crippen LogP contribution in [0.5, 0.6) is 11.5 Å². The number of phenols is 2. The van der Waals surface area contributed by atoms with Gasteiger partial charge in [-0.05, 0) is 53.4 Å². The Morgan fingerprint density at radius 3 is 2.23 bits per heavy atom. The Labute approximate surface area is 303 Å². The van der Waals surface area contributed by atoms with E-state index in [9.17, 15) is 34.9 Å². The molecule has 0 aliphatic heterocycles. The number of nitrogen functional groups attached to an aromatic ring is 1. The van der Waals surface area contributed by atoms with Gasteiger partial charge in [0.25, 0.3) is 0 Å². The maximum Gasteiger partial charge on any atom is 0.305 e. The molecule has 0 saturated carbocycles. The Morgan fingerprint density at radius 1 is 0.981 bits per heavy atom. The van der Waals surface area contributed by atoms with Crippen molar-refractivity contribution in [3.8, 4) is 33.8 Å². The molecule has 6 aromatic rings. The molecule has 276 valence electrons. The van der Waals surface area contributed by atoms with Crippen LogP contribution in [0.25, 0.3) is 33.2 Å². The number of fused-ring (bicyclic) bond motifs is 1. The number of aromatic hydroxyl groups is 2. The third-order valence-electron chi connectivity index (χ3n) is 9.19. The van der Waals surface area contributed by atoms with E-state index >= 15 is 0 Å². The van der Waals surface area contributed by atoms with Crippen LogP contribution in [0.3, 0.4) is 0 Å². The molecule has 6 rings (SSSR count). The van der Waals surface area contributed by atoms with Gasteiger partial charge in [-0.3, -0.25) is 10.1 Å². The topological polar surface area (TPSA) is 208 Å². The highest BCUT2D eigenvalue weighted by Crippen LogP contribution is 2.39. The summed E-state index contributed by atoms with van der Waals surface area (Å²) in [6.45, 7) is 5.45. The molecule has 0 aliphatic rings. The standard InChI is InChI=1S/C38H40FN7O7/c1-4-29-35(22-5-9-26(48)10-6-22)31(41-37(40)36(29)23-7-11-27(49)12-8-23)20-53-19-25-16-44(43-42-25)17-28(50)18-45-32-15-30(39)33(46(51)52)13-24(32)14-34(45)38(2,3)21-47/h5-16,28,47-50H,4,17-21H2,1-3H3,(H2,40,41). The third-order valence-corrected chi connectivity index (χ3v) is 9.19. The molecule has 53 heavy (non-hydrogen) atoms. The number of hydrogen-bond acceptors (Lipinski definition) is 11. The fourth-order valence-corrected chi connectivity index (χ4v) is 6.57. The summed E-state index contributed by atoms with van der Waals surface area (Å²) >= 11 is 0. The van der Waals surface area contributed by atoms with Crippen LogP contribution in [-0.2, 0) is 42.9 Å². The SMILES string of the molecule is CCc1c(-c2ccc(O)cc2)c(N)nc(COCc2cn(CC(O)Cn3c(C(C)(C)CO)cc4cc([N+](=O)[O-])c(F)cc43)nn2)c1-c1ccc(O)cc1. The molecule has 0 spiro atoms. The number of nitro benzene ring substituents is 1. The van der Waals surface area contributed by atoms with Gasteiger partial charge in [0, 0.05) is 39.8 Å². The molecule has 3 aromatic heterocycles. The number of aromatic nitrogens is 5. The van der Waals surface area contributed by atoms with E-state index in [1.807, 2.05) is 6.92 Å². The van der Waals surface area contributed by atoms with Crippen molar-refractivity contribution in [3.63, 3.8) is 0 Å². The highest BCUT2D eigenvalue weighted by Gasteiger charge is 2.28. The Morgan fingerprint density at radius 2 is 1.62 bits per heavy atom. The number of nitro groups is 1. The molecule has 0 fully saturated rings. The van der Waals surface area contributed by atoms with Crippen LogP contribution in [0, 0.1) is 15.9 Å². The first-order valence-electron chi connectivity index (χ1n) is 16.9.